The summed E-state index contributed by atoms with van der Waals surface area (Å²) in [5.74, 6) is 1.27. The van der Waals surface area contributed by atoms with Crippen molar-refractivity contribution in [2.75, 3.05) is 0 Å². The molecule has 12 heteroatoms. The third-order valence-corrected chi connectivity index (χ3v) is 4.92. The summed E-state index contributed by atoms with van der Waals surface area (Å²) in [7, 11) is 1.82. The first kappa shape index (κ1) is 19.8. The first-order chi connectivity index (χ1) is 15.7. The fourth-order valence-corrected chi connectivity index (χ4v) is 3.21. The number of nitrogens with zero attached hydrogens (tertiary/aromatic N) is 9. The summed E-state index contributed by atoms with van der Waals surface area (Å²) in [5, 5.41) is 20.2. The molecule has 0 N–H and O–H groups in total. The number of benzene rings is 1. The van der Waals surface area contributed by atoms with Crippen LogP contribution in [0.25, 0.3) is 22.8 Å². The van der Waals surface area contributed by atoms with E-state index in [2.05, 4.69) is 35.7 Å². The molecule has 0 aliphatic carbocycles. The molecule has 0 atom stereocenters. The van der Waals surface area contributed by atoms with Gasteiger partial charge in [0.15, 0.2) is 0 Å². The fraction of sp³-hybridized carbons (Fsp3) is 0.150. The van der Waals surface area contributed by atoms with E-state index in [-0.39, 0.29) is 6.61 Å². The molecule has 5 rings (SSSR count). The molecule has 0 amide bonds. The Hall–Kier alpha value is -4.12. The number of rotatable bonds is 7. The van der Waals surface area contributed by atoms with Gasteiger partial charge in [-0.05, 0) is 28.1 Å². The molecule has 0 saturated heterocycles. The Labute approximate surface area is 186 Å². The Balaban J connectivity index is 1.36. The second-order valence-corrected chi connectivity index (χ2v) is 7.30. The predicted molar refractivity (Wildman–Crippen MR) is 112 cm³/mol. The van der Waals surface area contributed by atoms with Crippen LogP contribution in [0.3, 0.4) is 0 Å². The maximum absolute atomic E-state index is 5.87. The quantitative estimate of drug-likeness (QED) is 0.369. The maximum Gasteiger partial charge on any atom is 0.261 e. The summed E-state index contributed by atoms with van der Waals surface area (Å²) in [6.07, 6.45) is 4.75. The summed E-state index contributed by atoms with van der Waals surface area (Å²) in [6.45, 7) is 0.758. The highest BCUT2D eigenvalue weighted by Crippen LogP contribution is 2.26. The van der Waals surface area contributed by atoms with Gasteiger partial charge in [0.1, 0.15) is 12.9 Å². The highest BCUT2D eigenvalue weighted by Gasteiger charge is 2.19. The first-order valence-corrected chi connectivity index (χ1v) is 9.93. The summed E-state index contributed by atoms with van der Waals surface area (Å²) in [5.41, 5.74) is 3.28. The minimum Gasteiger partial charge on any atom is -0.471 e. The molecule has 0 spiro atoms. The molecular weight excluding hydrogens is 434 g/mol. The summed E-state index contributed by atoms with van der Waals surface area (Å²) in [4.78, 5) is 8.70. The van der Waals surface area contributed by atoms with E-state index in [1.165, 1.54) is 6.20 Å². The third kappa shape index (κ3) is 4.18. The SMILES string of the molecule is Cn1ncc(-c2nc(-c3cccc(Cn4cnnn4)c3)no2)c1COc1ccc(Cl)cn1. The Morgan fingerprint density at radius 3 is 2.91 bits per heavy atom. The van der Waals surface area contributed by atoms with Crippen molar-refractivity contribution < 1.29 is 9.26 Å². The molecular formula is C20H16ClN9O2. The van der Waals surface area contributed by atoms with Gasteiger partial charge in [0.2, 0.25) is 11.7 Å². The van der Waals surface area contributed by atoms with Crippen LogP contribution in [0.15, 0.2) is 59.6 Å². The van der Waals surface area contributed by atoms with E-state index in [1.54, 1.807) is 34.0 Å². The Morgan fingerprint density at radius 1 is 1.16 bits per heavy atom. The van der Waals surface area contributed by atoms with Crippen LogP contribution >= 0.6 is 11.6 Å². The lowest BCUT2D eigenvalue weighted by atomic mass is 10.1. The van der Waals surface area contributed by atoms with Gasteiger partial charge in [0, 0.05) is 24.9 Å². The van der Waals surface area contributed by atoms with Crippen LogP contribution in [0.4, 0.5) is 0 Å². The number of pyridine rings is 1. The summed E-state index contributed by atoms with van der Waals surface area (Å²) < 4.78 is 14.6. The van der Waals surface area contributed by atoms with Gasteiger partial charge >= 0.3 is 0 Å². The van der Waals surface area contributed by atoms with Crippen molar-refractivity contribution in [3.8, 4) is 28.7 Å². The van der Waals surface area contributed by atoms with Crippen LogP contribution in [0.5, 0.6) is 5.88 Å². The molecule has 0 unspecified atom stereocenters. The lowest BCUT2D eigenvalue weighted by Crippen LogP contribution is -2.05. The molecule has 5 aromatic rings. The molecule has 32 heavy (non-hydrogen) atoms. The normalized spacial score (nSPS) is 11.1. The van der Waals surface area contributed by atoms with E-state index >= 15 is 0 Å². The topological polar surface area (TPSA) is 122 Å². The highest BCUT2D eigenvalue weighted by molar-refractivity contribution is 6.30. The summed E-state index contributed by atoms with van der Waals surface area (Å²) in [6, 6.07) is 11.2. The molecule has 0 radical (unpaired) electrons. The monoisotopic (exact) mass is 449 g/mol. The van der Waals surface area contributed by atoms with Crippen molar-refractivity contribution in [2.24, 2.45) is 7.05 Å². The lowest BCUT2D eigenvalue weighted by molar-refractivity contribution is 0.283. The van der Waals surface area contributed by atoms with Gasteiger partial charge in [0.05, 0.1) is 29.0 Å². The van der Waals surface area contributed by atoms with Crippen LogP contribution in [0.1, 0.15) is 11.3 Å². The minimum atomic E-state index is 0.222. The van der Waals surface area contributed by atoms with Crippen molar-refractivity contribution in [3.63, 3.8) is 0 Å². The minimum absolute atomic E-state index is 0.222. The van der Waals surface area contributed by atoms with Crippen LogP contribution < -0.4 is 4.74 Å². The number of halogens is 1. The van der Waals surface area contributed by atoms with Gasteiger partial charge in [-0.15, -0.1) is 5.10 Å². The van der Waals surface area contributed by atoms with Crippen molar-refractivity contribution >= 4 is 11.6 Å². The van der Waals surface area contributed by atoms with Gasteiger partial charge in [-0.25, -0.2) is 9.67 Å². The van der Waals surface area contributed by atoms with Crippen molar-refractivity contribution in [3.05, 3.63) is 71.4 Å². The molecule has 0 fully saturated rings. The highest BCUT2D eigenvalue weighted by atomic mass is 35.5. The van der Waals surface area contributed by atoms with Crippen LogP contribution in [-0.2, 0) is 20.2 Å². The molecule has 0 aliphatic rings. The Bertz CT molecular complexity index is 1330. The van der Waals surface area contributed by atoms with Gasteiger partial charge in [-0.1, -0.05) is 35.0 Å². The summed E-state index contributed by atoms with van der Waals surface area (Å²) >= 11 is 5.87. The number of hydrogen-bond acceptors (Lipinski definition) is 9. The van der Waals surface area contributed by atoms with Crippen molar-refractivity contribution in [2.45, 2.75) is 13.2 Å². The van der Waals surface area contributed by atoms with E-state index in [1.807, 2.05) is 31.3 Å². The smallest absolute Gasteiger partial charge is 0.261 e. The number of aromatic nitrogens is 9. The number of hydrogen-bond donors (Lipinski definition) is 0. The standard InChI is InChI=1S/C20H16ClN9O2/c1-29-17(11-31-18-6-5-15(21)8-22-18)16(9-24-29)20-25-19(26-32-20)14-4-2-3-13(7-14)10-30-12-23-27-28-30/h2-9,12H,10-11H2,1H3. The van der Waals surface area contributed by atoms with Gasteiger partial charge in [-0.3, -0.25) is 4.68 Å². The lowest BCUT2D eigenvalue weighted by Gasteiger charge is -2.06. The molecule has 0 bridgehead atoms. The zero-order valence-corrected chi connectivity index (χ0v) is 17.6. The second-order valence-electron chi connectivity index (χ2n) is 6.86. The van der Waals surface area contributed by atoms with Gasteiger partial charge in [-0.2, -0.15) is 10.1 Å². The zero-order valence-electron chi connectivity index (χ0n) is 16.8. The molecule has 0 aliphatic heterocycles. The van der Waals surface area contributed by atoms with E-state index in [0.717, 1.165) is 16.8 Å². The molecule has 11 nitrogen and oxygen atoms in total. The molecule has 4 heterocycles. The number of tetrazole rings is 1. The van der Waals surface area contributed by atoms with Crippen molar-refractivity contribution in [1.29, 1.82) is 0 Å². The van der Waals surface area contributed by atoms with E-state index < -0.39 is 0 Å². The van der Waals surface area contributed by atoms with Gasteiger partial charge in [0.25, 0.3) is 5.89 Å². The molecule has 4 aromatic heterocycles. The van der Waals surface area contributed by atoms with E-state index in [0.29, 0.717) is 34.7 Å². The van der Waals surface area contributed by atoms with E-state index in [9.17, 15) is 0 Å². The van der Waals surface area contributed by atoms with Gasteiger partial charge < -0.3 is 9.26 Å². The molecule has 1 aromatic carbocycles. The first-order valence-electron chi connectivity index (χ1n) is 9.55. The average molecular weight is 450 g/mol. The zero-order chi connectivity index (χ0) is 21.9. The maximum atomic E-state index is 5.87. The van der Waals surface area contributed by atoms with Crippen LogP contribution in [-0.4, -0.2) is 45.1 Å². The average Bonchev–Trinajstić information content (AvgIpc) is 3.55. The number of ether oxygens (including phenoxy) is 1. The Morgan fingerprint density at radius 2 is 2.09 bits per heavy atom. The molecule has 0 saturated carbocycles. The van der Waals surface area contributed by atoms with Crippen LogP contribution in [0, 0.1) is 0 Å². The molecule has 160 valence electrons. The van der Waals surface area contributed by atoms with Crippen LogP contribution in [0.2, 0.25) is 5.02 Å². The third-order valence-electron chi connectivity index (χ3n) is 4.70. The largest absolute Gasteiger partial charge is 0.471 e. The predicted octanol–water partition coefficient (Wildman–Crippen LogP) is 2.80. The van der Waals surface area contributed by atoms with Crippen molar-refractivity contribution in [1.82, 2.24) is 45.1 Å². The second kappa shape index (κ2) is 8.55. The Kier molecular flexibility index (Phi) is 5.30. The number of aryl methyl sites for hydroxylation is 1. The fourth-order valence-electron chi connectivity index (χ4n) is 3.10. The van der Waals surface area contributed by atoms with E-state index in [4.69, 9.17) is 20.9 Å².